The lowest BCUT2D eigenvalue weighted by Crippen LogP contribution is -2.06. The third kappa shape index (κ3) is 2.99. The van der Waals surface area contributed by atoms with Crippen molar-refractivity contribution in [3.05, 3.63) is 23.8 Å². The predicted molar refractivity (Wildman–Crippen MR) is 74.0 cm³/mol. The maximum Gasteiger partial charge on any atom is 0.361 e. The van der Waals surface area contributed by atoms with Gasteiger partial charge in [0.25, 0.3) is 0 Å². The number of hydrogen-bond donors (Lipinski definition) is 0. The summed E-state index contributed by atoms with van der Waals surface area (Å²) >= 11 is 1.21. The van der Waals surface area contributed by atoms with Gasteiger partial charge in [0.05, 0.1) is 30.4 Å². The first kappa shape index (κ1) is 15.3. The first-order chi connectivity index (χ1) is 10.1. The third-order valence-corrected chi connectivity index (χ3v) is 3.39. The Hall–Kier alpha value is -2.09. The average molecular weight is 312 g/mol. The first-order valence-corrected chi connectivity index (χ1v) is 7.25. The molecule has 0 radical (unpaired) electrons. The third-order valence-electron chi connectivity index (χ3n) is 2.61. The molecular weight excluding hydrogens is 299 g/mol. The van der Waals surface area contributed by atoms with E-state index >= 15 is 0 Å². The Bertz CT molecular complexity index is 660. The van der Waals surface area contributed by atoms with E-state index in [4.69, 9.17) is 14.0 Å². The summed E-state index contributed by atoms with van der Waals surface area (Å²) in [5, 5.41) is 3.68. The van der Waals surface area contributed by atoms with Crippen molar-refractivity contribution in [2.45, 2.75) is 11.8 Å². The molecule has 0 aliphatic heterocycles. The SMILES string of the molecule is CCOC(=O)c1noc(-c2cc(OC)ncc2F)c1SC. The summed E-state index contributed by atoms with van der Waals surface area (Å²) in [6.45, 7) is 1.90. The first-order valence-electron chi connectivity index (χ1n) is 6.03. The molecule has 2 aromatic heterocycles. The lowest BCUT2D eigenvalue weighted by molar-refractivity contribution is 0.0511. The number of pyridine rings is 1. The topological polar surface area (TPSA) is 74.5 Å². The van der Waals surface area contributed by atoms with Crippen LogP contribution in [0.15, 0.2) is 21.7 Å². The molecule has 2 rings (SSSR count). The van der Waals surface area contributed by atoms with E-state index in [1.54, 1.807) is 13.2 Å². The highest BCUT2D eigenvalue weighted by molar-refractivity contribution is 7.98. The molecule has 0 saturated carbocycles. The number of hydrogen-bond acceptors (Lipinski definition) is 7. The zero-order valence-electron chi connectivity index (χ0n) is 11.7. The van der Waals surface area contributed by atoms with Crippen LogP contribution in [0, 0.1) is 5.82 Å². The van der Waals surface area contributed by atoms with E-state index in [0.717, 1.165) is 6.20 Å². The lowest BCUT2D eigenvalue weighted by atomic mass is 10.2. The Morgan fingerprint density at radius 3 is 2.90 bits per heavy atom. The van der Waals surface area contributed by atoms with Crippen molar-refractivity contribution < 1.29 is 23.2 Å². The number of esters is 1. The molecule has 0 aliphatic carbocycles. The summed E-state index contributed by atoms with van der Waals surface area (Å²) in [4.78, 5) is 15.9. The molecule has 2 aromatic rings. The van der Waals surface area contributed by atoms with Crippen molar-refractivity contribution >= 4 is 17.7 Å². The number of nitrogens with zero attached hydrogens (tertiary/aromatic N) is 2. The molecule has 0 unspecified atom stereocenters. The Morgan fingerprint density at radius 1 is 1.52 bits per heavy atom. The Kier molecular flexibility index (Phi) is 4.79. The van der Waals surface area contributed by atoms with Crippen LogP contribution in [0.4, 0.5) is 4.39 Å². The number of thioether (sulfide) groups is 1. The maximum absolute atomic E-state index is 13.9. The van der Waals surface area contributed by atoms with Crippen LogP contribution in [0.2, 0.25) is 0 Å². The van der Waals surface area contributed by atoms with E-state index in [1.165, 1.54) is 24.9 Å². The van der Waals surface area contributed by atoms with Gasteiger partial charge in [-0.3, -0.25) is 0 Å². The highest BCUT2D eigenvalue weighted by Crippen LogP contribution is 2.35. The van der Waals surface area contributed by atoms with Gasteiger partial charge in [-0.1, -0.05) is 5.16 Å². The fourth-order valence-corrected chi connectivity index (χ4v) is 2.32. The molecule has 112 valence electrons. The van der Waals surface area contributed by atoms with Gasteiger partial charge < -0.3 is 14.0 Å². The van der Waals surface area contributed by atoms with E-state index in [2.05, 4.69) is 10.1 Å². The smallest absolute Gasteiger partial charge is 0.361 e. The average Bonchev–Trinajstić information content (AvgIpc) is 2.91. The van der Waals surface area contributed by atoms with Crippen molar-refractivity contribution in [3.63, 3.8) is 0 Å². The summed E-state index contributed by atoms with van der Waals surface area (Å²) in [6.07, 6.45) is 2.75. The van der Waals surface area contributed by atoms with Gasteiger partial charge in [-0.15, -0.1) is 11.8 Å². The van der Waals surface area contributed by atoms with Gasteiger partial charge in [-0.25, -0.2) is 14.2 Å². The Morgan fingerprint density at radius 2 is 2.29 bits per heavy atom. The number of methoxy groups -OCH3 is 1. The monoisotopic (exact) mass is 312 g/mol. The highest BCUT2D eigenvalue weighted by atomic mass is 32.2. The number of carbonyl (C=O) groups is 1. The highest BCUT2D eigenvalue weighted by Gasteiger charge is 2.25. The van der Waals surface area contributed by atoms with Crippen LogP contribution >= 0.6 is 11.8 Å². The van der Waals surface area contributed by atoms with Crippen molar-refractivity contribution in [1.29, 1.82) is 0 Å². The number of aromatic nitrogens is 2. The zero-order valence-corrected chi connectivity index (χ0v) is 12.5. The minimum Gasteiger partial charge on any atom is -0.481 e. The number of ether oxygens (including phenoxy) is 2. The van der Waals surface area contributed by atoms with E-state index < -0.39 is 11.8 Å². The number of carbonyl (C=O) groups excluding carboxylic acids is 1. The van der Waals surface area contributed by atoms with Crippen LogP contribution in [-0.2, 0) is 4.74 Å². The number of halogens is 1. The van der Waals surface area contributed by atoms with Crippen molar-refractivity contribution in [2.24, 2.45) is 0 Å². The molecule has 0 spiro atoms. The minimum absolute atomic E-state index is 0.0227. The van der Waals surface area contributed by atoms with Crippen molar-refractivity contribution in [3.8, 4) is 17.2 Å². The van der Waals surface area contributed by atoms with Crippen molar-refractivity contribution in [2.75, 3.05) is 20.0 Å². The van der Waals surface area contributed by atoms with Gasteiger partial charge in [0.15, 0.2) is 11.6 Å². The lowest BCUT2D eigenvalue weighted by Gasteiger charge is -2.04. The minimum atomic E-state index is -0.613. The summed E-state index contributed by atoms with van der Waals surface area (Å²) in [6, 6.07) is 1.38. The second-order valence-corrected chi connectivity index (χ2v) is 4.64. The van der Waals surface area contributed by atoms with Gasteiger partial charge in [-0.2, -0.15) is 0 Å². The summed E-state index contributed by atoms with van der Waals surface area (Å²) in [5.41, 5.74) is 0.142. The molecule has 0 amide bonds. The van der Waals surface area contributed by atoms with Crippen LogP contribution in [0.3, 0.4) is 0 Å². The van der Waals surface area contributed by atoms with Crippen LogP contribution in [0.1, 0.15) is 17.4 Å². The molecule has 0 atom stereocenters. The van der Waals surface area contributed by atoms with Gasteiger partial charge in [0.1, 0.15) is 0 Å². The second kappa shape index (κ2) is 6.57. The largest absolute Gasteiger partial charge is 0.481 e. The van der Waals surface area contributed by atoms with Crippen LogP contribution in [0.25, 0.3) is 11.3 Å². The summed E-state index contributed by atoms with van der Waals surface area (Å²) in [5.74, 6) is -0.841. The second-order valence-electron chi connectivity index (χ2n) is 3.82. The summed E-state index contributed by atoms with van der Waals surface area (Å²) < 4.78 is 28.9. The number of rotatable bonds is 5. The molecule has 0 aromatic carbocycles. The zero-order chi connectivity index (χ0) is 15.4. The van der Waals surface area contributed by atoms with E-state index in [-0.39, 0.29) is 29.5 Å². The fraction of sp³-hybridized carbons (Fsp3) is 0.308. The van der Waals surface area contributed by atoms with E-state index in [0.29, 0.717) is 4.90 Å². The van der Waals surface area contributed by atoms with Gasteiger partial charge in [-0.05, 0) is 13.2 Å². The molecule has 0 saturated heterocycles. The van der Waals surface area contributed by atoms with Crippen LogP contribution in [0.5, 0.6) is 5.88 Å². The van der Waals surface area contributed by atoms with Crippen LogP contribution in [-0.4, -0.2) is 36.1 Å². The molecule has 0 fully saturated rings. The molecule has 21 heavy (non-hydrogen) atoms. The predicted octanol–water partition coefficient (Wildman–Crippen LogP) is 2.78. The molecule has 8 heteroatoms. The summed E-state index contributed by atoms with van der Waals surface area (Å²) in [7, 11) is 1.42. The molecule has 0 bridgehead atoms. The van der Waals surface area contributed by atoms with E-state index in [1.807, 2.05) is 0 Å². The standard InChI is InChI=1S/C13H13FN2O4S/c1-4-19-13(17)10-12(21-3)11(20-16-10)7-5-9(18-2)15-6-8(7)14/h5-6H,4H2,1-3H3. The van der Waals surface area contributed by atoms with E-state index in [9.17, 15) is 9.18 Å². The maximum atomic E-state index is 13.9. The Balaban J connectivity index is 2.52. The molecular formula is C13H13FN2O4S. The molecule has 2 heterocycles. The van der Waals surface area contributed by atoms with Gasteiger partial charge in [0, 0.05) is 6.07 Å². The quantitative estimate of drug-likeness (QED) is 0.620. The van der Waals surface area contributed by atoms with Crippen molar-refractivity contribution in [1.82, 2.24) is 10.1 Å². The normalized spacial score (nSPS) is 10.5. The molecule has 0 N–H and O–H groups in total. The van der Waals surface area contributed by atoms with Crippen LogP contribution < -0.4 is 4.74 Å². The molecule has 0 aliphatic rings. The fourth-order valence-electron chi connectivity index (χ4n) is 1.68. The van der Waals surface area contributed by atoms with Gasteiger partial charge >= 0.3 is 5.97 Å². The Labute approximate surface area is 124 Å². The van der Waals surface area contributed by atoms with Gasteiger partial charge in [0.2, 0.25) is 11.6 Å². The molecule has 6 nitrogen and oxygen atoms in total.